The maximum atomic E-state index is 11.0. The van der Waals surface area contributed by atoms with Gasteiger partial charge in [0, 0.05) is 24.3 Å². The molecule has 1 aromatic heterocycles. The molecule has 0 unspecified atom stereocenters. The lowest BCUT2D eigenvalue weighted by atomic mass is 9.85. The number of carboxylic acids is 1. The smallest absolute Gasteiger partial charge is 0.317 e. The number of nitrogens with zero attached hydrogens (tertiary/aromatic N) is 4. The predicted octanol–water partition coefficient (Wildman–Crippen LogP) is 1.40. The number of carboxylic acid groups (broad SMARTS) is 1. The number of rotatable bonds is 7. The quantitative estimate of drug-likeness (QED) is 0.784. The van der Waals surface area contributed by atoms with Crippen molar-refractivity contribution in [2.45, 2.75) is 44.7 Å². The molecule has 0 amide bonds. The number of nitriles is 1. The summed E-state index contributed by atoms with van der Waals surface area (Å²) < 4.78 is 0. The van der Waals surface area contributed by atoms with Gasteiger partial charge in [-0.3, -0.25) is 9.69 Å². The molecule has 2 saturated carbocycles. The normalized spacial score (nSPS) is 23.2. The first-order chi connectivity index (χ1) is 11.0. The van der Waals surface area contributed by atoms with E-state index in [0.29, 0.717) is 23.6 Å². The molecule has 0 aliphatic heterocycles. The molecule has 0 spiro atoms. The Bertz CT molecular complexity index is 632. The van der Waals surface area contributed by atoms with Gasteiger partial charge >= 0.3 is 5.97 Å². The number of nitrogens with one attached hydrogen (secondary N) is 1. The second-order valence-corrected chi connectivity index (χ2v) is 6.56. The molecule has 0 radical (unpaired) electrons. The molecule has 2 aliphatic rings. The average molecular weight is 315 g/mol. The van der Waals surface area contributed by atoms with Crippen molar-refractivity contribution in [3.05, 3.63) is 17.5 Å². The predicted molar refractivity (Wildman–Crippen MR) is 83.8 cm³/mol. The fourth-order valence-electron chi connectivity index (χ4n) is 3.03. The highest BCUT2D eigenvalue weighted by Crippen LogP contribution is 2.34. The Labute approximate surface area is 135 Å². The highest BCUT2D eigenvalue weighted by molar-refractivity contribution is 5.69. The third kappa shape index (κ3) is 4.17. The van der Waals surface area contributed by atoms with Crippen molar-refractivity contribution in [3.8, 4) is 6.07 Å². The van der Waals surface area contributed by atoms with Crippen LogP contribution in [-0.4, -0.2) is 51.1 Å². The van der Waals surface area contributed by atoms with E-state index in [0.717, 1.165) is 25.1 Å². The highest BCUT2D eigenvalue weighted by Gasteiger charge is 2.37. The first-order valence-electron chi connectivity index (χ1n) is 8.01. The van der Waals surface area contributed by atoms with Gasteiger partial charge in [0.1, 0.15) is 11.8 Å². The summed E-state index contributed by atoms with van der Waals surface area (Å²) >= 11 is 0. The lowest BCUT2D eigenvalue weighted by Crippen LogP contribution is -2.52. The second kappa shape index (κ2) is 6.50. The lowest BCUT2D eigenvalue weighted by Gasteiger charge is -2.42. The van der Waals surface area contributed by atoms with Crippen molar-refractivity contribution in [1.29, 1.82) is 5.26 Å². The molecule has 7 nitrogen and oxygen atoms in total. The number of hydrogen-bond acceptors (Lipinski definition) is 6. The third-order valence-corrected chi connectivity index (χ3v) is 4.46. The summed E-state index contributed by atoms with van der Waals surface area (Å²) in [6.07, 6.45) is 4.22. The number of aryl methyl sites for hydroxylation is 1. The maximum Gasteiger partial charge on any atom is 0.317 e. The van der Waals surface area contributed by atoms with Gasteiger partial charge < -0.3 is 10.4 Å². The minimum atomic E-state index is -0.761. The molecular formula is C16H21N5O2. The van der Waals surface area contributed by atoms with Crippen LogP contribution in [0.1, 0.15) is 37.1 Å². The van der Waals surface area contributed by atoms with Crippen molar-refractivity contribution in [2.24, 2.45) is 5.92 Å². The highest BCUT2D eigenvalue weighted by atomic mass is 16.4. The fraction of sp³-hybridized carbons (Fsp3) is 0.625. The van der Waals surface area contributed by atoms with E-state index in [1.165, 1.54) is 12.8 Å². The molecule has 0 bridgehead atoms. The summed E-state index contributed by atoms with van der Waals surface area (Å²) in [6, 6.07) is 4.23. The van der Waals surface area contributed by atoms with E-state index in [9.17, 15) is 4.79 Å². The molecular weight excluding hydrogens is 294 g/mol. The fourth-order valence-corrected chi connectivity index (χ4v) is 3.03. The molecule has 2 N–H and O–H groups in total. The van der Waals surface area contributed by atoms with Crippen molar-refractivity contribution < 1.29 is 9.90 Å². The van der Waals surface area contributed by atoms with Gasteiger partial charge in [-0.2, -0.15) is 5.26 Å². The molecule has 23 heavy (non-hydrogen) atoms. The van der Waals surface area contributed by atoms with E-state index < -0.39 is 5.97 Å². The van der Waals surface area contributed by atoms with Gasteiger partial charge in [-0.15, -0.1) is 0 Å². The molecule has 0 saturated heterocycles. The zero-order chi connectivity index (χ0) is 16.4. The number of hydrogen-bond donors (Lipinski definition) is 2. The monoisotopic (exact) mass is 315 g/mol. The molecule has 0 atom stereocenters. The first kappa shape index (κ1) is 15.7. The summed E-state index contributed by atoms with van der Waals surface area (Å²) in [4.78, 5) is 21.6. The first-order valence-corrected chi connectivity index (χ1v) is 8.01. The summed E-state index contributed by atoms with van der Waals surface area (Å²) in [5, 5.41) is 21.3. The largest absolute Gasteiger partial charge is 0.480 e. The topological polar surface area (TPSA) is 102 Å². The van der Waals surface area contributed by atoms with E-state index in [-0.39, 0.29) is 12.6 Å². The van der Waals surface area contributed by atoms with E-state index in [1.807, 2.05) is 13.0 Å². The Morgan fingerprint density at radius 1 is 1.48 bits per heavy atom. The SMILES string of the molecule is Cc1cc(C#N)nc(NC2CC(N(CC(=O)O)CC3CC3)C2)n1. The molecule has 0 aromatic carbocycles. The van der Waals surface area contributed by atoms with Gasteiger partial charge in [0.15, 0.2) is 0 Å². The van der Waals surface area contributed by atoms with Crippen LogP contribution in [0, 0.1) is 24.2 Å². The van der Waals surface area contributed by atoms with Crippen molar-refractivity contribution in [2.75, 3.05) is 18.4 Å². The Balaban J connectivity index is 1.54. The minimum Gasteiger partial charge on any atom is -0.480 e. The molecule has 3 rings (SSSR count). The van der Waals surface area contributed by atoms with Crippen LogP contribution in [0.4, 0.5) is 5.95 Å². The molecule has 2 aliphatic carbocycles. The van der Waals surface area contributed by atoms with Crippen molar-refractivity contribution in [1.82, 2.24) is 14.9 Å². The zero-order valence-corrected chi connectivity index (χ0v) is 13.2. The van der Waals surface area contributed by atoms with Gasteiger partial charge in [0.2, 0.25) is 5.95 Å². The van der Waals surface area contributed by atoms with Crippen molar-refractivity contribution in [3.63, 3.8) is 0 Å². The summed E-state index contributed by atoms with van der Waals surface area (Å²) in [7, 11) is 0. The van der Waals surface area contributed by atoms with E-state index in [1.54, 1.807) is 6.07 Å². The molecule has 2 fully saturated rings. The van der Waals surface area contributed by atoms with Crippen LogP contribution >= 0.6 is 0 Å². The zero-order valence-electron chi connectivity index (χ0n) is 13.2. The summed E-state index contributed by atoms with van der Waals surface area (Å²) in [5.74, 6) is 0.402. The number of aliphatic carboxylic acids is 1. The van der Waals surface area contributed by atoms with Crippen LogP contribution < -0.4 is 5.32 Å². The van der Waals surface area contributed by atoms with Crippen LogP contribution in [0.25, 0.3) is 0 Å². The Morgan fingerprint density at radius 3 is 2.83 bits per heavy atom. The van der Waals surface area contributed by atoms with Crippen LogP contribution in [0.3, 0.4) is 0 Å². The summed E-state index contributed by atoms with van der Waals surface area (Å²) in [6.45, 7) is 2.85. The number of aromatic nitrogens is 2. The number of anilines is 1. The van der Waals surface area contributed by atoms with Gasteiger partial charge in [0.05, 0.1) is 6.54 Å². The molecule has 7 heteroatoms. The summed E-state index contributed by atoms with van der Waals surface area (Å²) in [5.41, 5.74) is 1.12. The Kier molecular flexibility index (Phi) is 4.44. The molecule has 122 valence electrons. The van der Waals surface area contributed by atoms with Crippen molar-refractivity contribution >= 4 is 11.9 Å². The van der Waals surface area contributed by atoms with Gasteiger partial charge in [-0.25, -0.2) is 9.97 Å². The van der Waals surface area contributed by atoms with Gasteiger partial charge in [-0.05, 0) is 44.6 Å². The van der Waals surface area contributed by atoms with Gasteiger partial charge in [0.25, 0.3) is 0 Å². The maximum absolute atomic E-state index is 11.0. The number of carbonyl (C=O) groups is 1. The average Bonchev–Trinajstić information content (AvgIpc) is 3.24. The van der Waals surface area contributed by atoms with Crippen LogP contribution in [0.2, 0.25) is 0 Å². The lowest BCUT2D eigenvalue weighted by molar-refractivity contribution is -0.139. The third-order valence-electron chi connectivity index (χ3n) is 4.46. The van der Waals surface area contributed by atoms with Crippen LogP contribution in [0.15, 0.2) is 6.07 Å². The Hall–Kier alpha value is -2.20. The van der Waals surface area contributed by atoms with E-state index >= 15 is 0 Å². The second-order valence-electron chi connectivity index (χ2n) is 6.56. The van der Waals surface area contributed by atoms with E-state index in [2.05, 4.69) is 20.2 Å². The van der Waals surface area contributed by atoms with Gasteiger partial charge in [-0.1, -0.05) is 0 Å². The van der Waals surface area contributed by atoms with E-state index in [4.69, 9.17) is 10.4 Å². The standard InChI is InChI=1S/C16H21N5O2/c1-10-4-13(7-17)20-16(18-10)19-12-5-14(6-12)21(9-15(22)23)8-11-2-3-11/h4,11-12,14H,2-3,5-6,8-9H2,1H3,(H,22,23)(H,18,19,20). The van der Waals surface area contributed by atoms with Crippen LogP contribution in [-0.2, 0) is 4.79 Å². The molecule has 1 heterocycles. The molecule has 1 aromatic rings. The Morgan fingerprint density at radius 2 is 2.22 bits per heavy atom. The minimum absolute atomic E-state index is 0.118. The van der Waals surface area contributed by atoms with Crippen LogP contribution in [0.5, 0.6) is 0 Å².